The van der Waals surface area contributed by atoms with Gasteiger partial charge in [-0.15, -0.1) is 0 Å². The fourth-order valence-corrected chi connectivity index (χ4v) is 6.12. The third-order valence-electron chi connectivity index (χ3n) is 8.08. The van der Waals surface area contributed by atoms with Gasteiger partial charge in [0.25, 0.3) is 0 Å². The number of hydrogen-bond donors (Lipinski definition) is 0. The first-order valence-electron chi connectivity index (χ1n) is 14.6. The molecule has 0 saturated carbocycles. The van der Waals surface area contributed by atoms with Crippen molar-refractivity contribution in [2.45, 2.75) is 45.3 Å². The molecule has 2 saturated heterocycles. The number of hydrogen-bond acceptors (Lipinski definition) is 6. The van der Waals surface area contributed by atoms with Crippen LogP contribution in [0.3, 0.4) is 0 Å². The van der Waals surface area contributed by atoms with Crippen molar-refractivity contribution in [3.05, 3.63) is 64.9 Å². The van der Waals surface area contributed by atoms with Gasteiger partial charge in [0.05, 0.1) is 18.8 Å². The average Bonchev–Trinajstić information content (AvgIpc) is 3.48. The molecule has 8 nitrogen and oxygen atoms in total. The SMILES string of the molecule is CCOC(=O)c1cnn(C2CCCN(c3cc(Cl)ccc3-c3ccc(N4CCN(C(=O)CC)CC4)cc3)C2)c1C(F)(F)F. The van der Waals surface area contributed by atoms with Crippen molar-refractivity contribution in [1.29, 1.82) is 0 Å². The fourth-order valence-electron chi connectivity index (χ4n) is 5.95. The third kappa shape index (κ3) is 6.61. The Morgan fingerprint density at radius 2 is 1.72 bits per heavy atom. The number of aromatic nitrogens is 2. The van der Waals surface area contributed by atoms with Crippen LogP contribution in [-0.2, 0) is 15.7 Å². The lowest BCUT2D eigenvalue weighted by molar-refractivity contribution is -0.145. The van der Waals surface area contributed by atoms with Gasteiger partial charge in [0.1, 0.15) is 5.56 Å². The molecule has 1 amide bonds. The lowest BCUT2D eigenvalue weighted by Gasteiger charge is -2.37. The summed E-state index contributed by atoms with van der Waals surface area (Å²) in [6, 6.07) is 13.2. The van der Waals surface area contributed by atoms with Crippen LogP contribution in [0.2, 0.25) is 5.02 Å². The lowest BCUT2D eigenvalue weighted by atomic mass is 9.99. The van der Waals surface area contributed by atoms with E-state index in [1.807, 2.05) is 41.0 Å². The lowest BCUT2D eigenvalue weighted by Crippen LogP contribution is -2.48. The van der Waals surface area contributed by atoms with E-state index >= 15 is 0 Å². The highest BCUT2D eigenvalue weighted by Crippen LogP contribution is 2.39. The maximum Gasteiger partial charge on any atom is 0.433 e. The average molecular weight is 618 g/mol. The highest BCUT2D eigenvalue weighted by atomic mass is 35.5. The van der Waals surface area contributed by atoms with E-state index in [0.717, 1.165) is 46.5 Å². The van der Waals surface area contributed by atoms with Crippen LogP contribution in [0, 0.1) is 0 Å². The molecule has 3 heterocycles. The molecule has 2 aliphatic rings. The summed E-state index contributed by atoms with van der Waals surface area (Å²) in [6.45, 7) is 7.20. The van der Waals surface area contributed by atoms with Gasteiger partial charge in [0.2, 0.25) is 5.91 Å². The third-order valence-corrected chi connectivity index (χ3v) is 8.32. The number of anilines is 2. The summed E-state index contributed by atoms with van der Waals surface area (Å²) in [5, 5.41) is 4.55. The van der Waals surface area contributed by atoms with Crippen LogP contribution in [0.1, 0.15) is 55.2 Å². The fraction of sp³-hybridized carbons (Fsp3) is 0.452. The molecular formula is C31H35ClF3N5O3. The molecule has 1 unspecified atom stereocenters. The zero-order valence-corrected chi connectivity index (χ0v) is 25.0. The van der Waals surface area contributed by atoms with Gasteiger partial charge in [-0.2, -0.15) is 18.3 Å². The summed E-state index contributed by atoms with van der Waals surface area (Å²) in [5.74, 6) is -0.863. The Balaban J connectivity index is 1.38. The minimum Gasteiger partial charge on any atom is -0.462 e. The molecular weight excluding hydrogens is 583 g/mol. The van der Waals surface area contributed by atoms with Gasteiger partial charge in [0, 0.05) is 67.7 Å². The van der Waals surface area contributed by atoms with E-state index in [2.05, 4.69) is 22.1 Å². The maximum atomic E-state index is 14.2. The molecule has 3 aromatic rings. The van der Waals surface area contributed by atoms with E-state index in [-0.39, 0.29) is 19.1 Å². The highest BCUT2D eigenvalue weighted by Gasteiger charge is 2.42. The van der Waals surface area contributed by atoms with Crippen LogP contribution in [0.4, 0.5) is 24.5 Å². The monoisotopic (exact) mass is 617 g/mol. The second kappa shape index (κ2) is 12.9. The standard InChI is InChI=1S/C31H35ClF3N5O3/c1-3-28(41)38-16-14-37(15-17-38)23-10-7-21(8-11-23)25-12-9-22(32)18-27(25)39-13-5-6-24(20-39)40-29(31(33,34)35)26(19-36-40)30(42)43-4-2/h7-12,18-19,24H,3-6,13-17,20H2,1-2H3. The number of benzene rings is 2. The topological polar surface area (TPSA) is 70.9 Å². The Morgan fingerprint density at radius 3 is 2.37 bits per heavy atom. The largest absolute Gasteiger partial charge is 0.462 e. The van der Waals surface area contributed by atoms with Crippen LogP contribution < -0.4 is 9.80 Å². The second-order valence-electron chi connectivity index (χ2n) is 10.7. The zero-order chi connectivity index (χ0) is 30.7. The Morgan fingerprint density at radius 1 is 1.00 bits per heavy atom. The first-order chi connectivity index (χ1) is 20.6. The summed E-state index contributed by atoms with van der Waals surface area (Å²) < 4.78 is 48.3. The minimum absolute atomic E-state index is 0.0341. The smallest absolute Gasteiger partial charge is 0.433 e. The molecule has 1 atom stereocenters. The second-order valence-corrected chi connectivity index (χ2v) is 11.2. The minimum atomic E-state index is -4.78. The summed E-state index contributed by atoms with van der Waals surface area (Å²) in [4.78, 5) is 30.5. The van der Waals surface area contributed by atoms with E-state index in [0.29, 0.717) is 43.9 Å². The van der Waals surface area contributed by atoms with E-state index in [1.54, 1.807) is 13.0 Å². The van der Waals surface area contributed by atoms with E-state index in [4.69, 9.17) is 16.3 Å². The molecule has 0 radical (unpaired) electrons. The van der Waals surface area contributed by atoms with Crippen molar-refractivity contribution in [3.8, 4) is 11.1 Å². The molecule has 230 valence electrons. The first kappa shape index (κ1) is 30.7. The molecule has 5 rings (SSSR count). The molecule has 2 aliphatic heterocycles. The number of piperidine rings is 1. The predicted octanol–water partition coefficient (Wildman–Crippen LogP) is 6.30. The molecule has 2 fully saturated rings. The quantitative estimate of drug-likeness (QED) is 0.290. The highest BCUT2D eigenvalue weighted by molar-refractivity contribution is 6.31. The van der Waals surface area contributed by atoms with Crippen LogP contribution >= 0.6 is 11.6 Å². The van der Waals surface area contributed by atoms with Crippen molar-refractivity contribution in [2.24, 2.45) is 0 Å². The first-order valence-corrected chi connectivity index (χ1v) is 15.0. The molecule has 0 N–H and O–H groups in total. The van der Waals surface area contributed by atoms with Gasteiger partial charge in [-0.3, -0.25) is 9.48 Å². The number of alkyl halides is 3. The van der Waals surface area contributed by atoms with Crippen molar-refractivity contribution < 1.29 is 27.5 Å². The number of nitrogens with zero attached hydrogens (tertiary/aromatic N) is 5. The number of carbonyl (C=O) groups excluding carboxylic acids is 2. The summed E-state index contributed by atoms with van der Waals surface area (Å²) in [6.07, 6.45) is -2.20. The molecule has 0 bridgehead atoms. The van der Waals surface area contributed by atoms with Gasteiger partial charge < -0.3 is 19.4 Å². The van der Waals surface area contributed by atoms with Gasteiger partial charge in [0.15, 0.2) is 5.69 Å². The number of piperazine rings is 1. The number of halogens is 4. The Labute approximate surface area is 253 Å². The number of esters is 1. The number of rotatable bonds is 7. The van der Waals surface area contributed by atoms with Gasteiger partial charge in [-0.25, -0.2) is 4.79 Å². The Kier molecular flexibility index (Phi) is 9.19. The normalized spacial score (nSPS) is 17.7. The maximum absolute atomic E-state index is 14.2. The number of amides is 1. The summed E-state index contributed by atoms with van der Waals surface area (Å²) in [5.41, 5.74) is 2.10. The molecule has 1 aromatic heterocycles. The van der Waals surface area contributed by atoms with Crippen LogP contribution in [0.5, 0.6) is 0 Å². The van der Waals surface area contributed by atoms with Crippen LogP contribution in [0.25, 0.3) is 11.1 Å². The van der Waals surface area contributed by atoms with Crippen molar-refractivity contribution >= 4 is 34.9 Å². The van der Waals surface area contributed by atoms with Crippen LogP contribution in [-0.4, -0.2) is 72.4 Å². The molecule has 0 aliphatic carbocycles. The number of ether oxygens (including phenoxy) is 1. The van der Waals surface area contributed by atoms with Gasteiger partial charge in [-0.1, -0.05) is 36.7 Å². The van der Waals surface area contributed by atoms with Gasteiger partial charge in [-0.05, 0) is 49.6 Å². The van der Waals surface area contributed by atoms with E-state index < -0.39 is 29.4 Å². The van der Waals surface area contributed by atoms with E-state index in [1.165, 1.54) is 0 Å². The zero-order valence-electron chi connectivity index (χ0n) is 24.2. The summed E-state index contributed by atoms with van der Waals surface area (Å²) >= 11 is 6.42. The van der Waals surface area contributed by atoms with Crippen LogP contribution in [0.15, 0.2) is 48.7 Å². The van der Waals surface area contributed by atoms with Crippen molar-refractivity contribution in [3.63, 3.8) is 0 Å². The molecule has 43 heavy (non-hydrogen) atoms. The Bertz CT molecular complexity index is 1450. The number of carbonyl (C=O) groups is 2. The predicted molar refractivity (Wildman–Crippen MR) is 160 cm³/mol. The molecule has 2 aromatic carbocycles. The molecule has 0 spiro atoms. The van der Waals surface area contributed by atoms with Gasteiger partial charge >= 0.3 is 12.1 Å². The summed E-state index contributed by atoms with van der Waals surface area (Å²) in [7, 11) is 0. The molecule has 12 heteroatoms. The van der Waals surface area contributed by atoms with Crippen molar-refractivity contribution in [2.75, 3.05) is 55.7 Å². The van der Waals surface area contributed by atoms with Crippen molar-refractivity contribution in [1.82, 2.24) is 14.7 Å². The Hall–Kier alpha value is -3.73. The van der Waals surface area contributed by atoms with E-state index in [9.17, 15) is 22.8 Å².